The summed E-state index contributed by atoms with van der Waals surface area (Å²) in [7, 11) is 0. The van der Waals surface area contributed by atoms with Gasteiger partial charge in [0.25, 0.3) is 0 Å². The molecule has 0 aromatic heterocycles. The predicted molar refractivity (Wildman–Crippen MR) is 74.9 cm³/mol. The molecule has 1 aliphatic rings. The van der Waals surface area contributed by atoms with Gasteiger partial charge >= 0.3 is 0 Å². The number of carbonyl (C=O) groups is 1. The summed E-state index contributed by atoms with van der Waals surface area (Å²) in [6, 6.07) is 0.272. The fourth-order valence-corrected chi connectivity index (χ4v) is 2.08. The van der Waals surface area contributed by atoms with Crippen LogP contribution >= 0.6 is 0 Å². The molecule has 1 heterocycles. The summed E-state index contributed by atoms with van der Waals surface area (Å²) in [6.07, 6.45) is 3.15. The van der Waals surface area contributed by atoms with Gasteiger partial charge in [0, 0.05) is 32.2 Å². The van der Waals surface area contributed by atoms with E-state index in [0.717, 1.165) is 19.3 Å². The highest BCUT2D eigenvalue weighted by Crippen LogP contribution is 2.04. The van der Waals surface area contributed by atoms with Crippen LogP contribution in [0.2, 0.25) is 0 Å². The number of piperidine rings is 1. The van der Waals surface area contributed by atoms with Gasteiger partial charge in [-0.3, -0.25) is 4.79 Å². The Morgan fingerprint density at radius 2 is 2.32 bits per heavy atom. The second-order valence-corrected chi connectivity index (χ2v) is 5.71. The maximum atomic E-state index is 11.0. The highest BCUT2D eigenvalue weighted by Gasteiger charge is 2.18. The lowest BCUT2D eigenvalue weighted by atomic mass is 10.1. The molecular weight excluding hydrogens is 244 g/mol. The largest absolute Gasteiger partial charge is 0.389 e. The van der Waals surface area contributed by atoms with Gasteiger partial charge in [0.05, 0.1) is 12.7 Å². The zero-order valence-electron chi connectivity index (χ0n) is 12.2. The number of hydrogen-bond acceptors (Lipinski definition) is 4. The average Bonchev–Trinajstić information content (AvgIpc) is 2.37. The molecule has 2 unspecified atom stereocenters. The number of amides is 1. The van der Waals surface area contributed by atoms with Crippen molar-refractivity contribution in [3.63, 3.8) is 0 Å². The summed E-state index contributed by atoms with van der Waals surface area (Å²) in [6.45, 7) is 6.66. The number of ether oxygens (including phenoxy) is 1. The van der Waals surface area contributed by atoms with Crippen molar-refractivity contribution in [1.29, 1.82) is 0 Å². The molecule has 112 valence electrons. The van der Waals surface area contributed by atoms with Crippen molar-refractivity contribution >= 4 is 5.91 Å². The molecule has 19 heavy (non-hydrogen) atoms. The lowest BCUT2D eigenvalue weighted by Gasteiger charge is -2.24. The normalized spacial score (nSPS) is 21.5. The van der Waals surface area contributed by atoms with Crippen LogP contribution in [0.25, 0.3) is 0 Å². The molecule has 0 bridgehead atoms. The third-order valence-electron chi connectivity index (χ3n) is 3.29. The minimum Gasteiger partial charge on any atom is -0.389 e. The third kappa shape index (κ3) is 8.18. The van der Waals surface area contributed by atoms with Crippen LogP contribution in [0.1, 0.15) is 39.5 Å². The van der Waals surface area contributed by atoms with Crippen molar-refractivity contribution < 1.29 is 14.6 Å². The van der Waals surface area contributed by atoms with Gasteiger partial charge in [0.2, 0.25) is 5.91 Å². The van der Waals surface area contributed by atoms with Crippen LogP contribution in [0.3, 0.4) is 0 Å². The monoisotopic (exact) mass is 272 g/mol. The topological polar surface area (TPSA) is 70.6 Å². The predicted octanol–water partition coefficient (Wildman–Crippen LogP) is 0.668. The number of nitrogens with one attached hydrogen (secondary N) is 2. The molecular formula is C14H28N2O3. The molecule has 5 heteroatoms. The van der Waals surface area contributed by atoms with Crippen molar-refractivity contribution in [1.82, 2.24) is 10.6 Å². The third-order valence-corrected chi connectivity index (χ3v) is 3.29. The lowest BCUT2D eigenvalue weighted by Crippen LogP contribution is -2.48. The maximum absolute atomic E-state index is 11.0. The van der Waals surface area contributed by atoms with E-state index in [-0.39, 0.29) is 11.9 Å². The van der Waals surface area contributed by atoms with E-state index >= 15 is 0 Å². The molecule has 0 radical (unpaired) electrons. The Kier molecular flexibility index (Phi) is 8.02. The van der Waals surface area contributed by atoms with Crippen LogP contribution in [0.4, 0.5) is 0 Å². The van der Waals surface area contributed by atoms with Crippen molar-refractivity contribution in [2.75, 3.05) is 26.3 Å². The van der Waals surface area contributed by atoms with Crippen molar-refractivity contribution in [3.8, 4) is 0 Å². The Balaban J connectivity index is 1.95. The Hall–Kier alpha value is -0.650. The molecule has 0 spiro atoms. The Morgan fingerprint density at radius 3 is 2.95 bits per heavy atom. The fourth-order valence-electron chi connectivity index (χ4n) is 2.08. The molecule has 0 aromatic rings. The van der Waals surface area contributed by atoms with Gasteiger partial charge in [-0.2, -0.15) is 0 Å². The Bertz CT molecular complexity index is 249. The standard InChI is InChI=1S/C14H28N2O3/c1-11(2)4-3-7-19-10-13(17)9-15-12-5-6-14(18)16-8-12/h11-13,15,17H,3-10H2,1-2H3,(H,16,18). The number of hydrogen-bond donors (Lipinski definition) is 3. The number of aliphatic hydroxyl groups excluding tert-OH is 1. The highest BCUT2D eigenvalue weighted by atomic mass is 16.5. The van der Waals surface area contributed by atoms with E-state index in [1.807, 2.05) is 0 Å². The smallest absolute Gasteiger partial charge is 0.220 e. The van der Waals surface area contributed by atoms with Gasteiger partial charge in [-0.05, 0) is 25.2 Å². The molecule has 1 aliphatic heterocycles. The Morgan fingerprint density at radius 1 is 1.53 bits per heavy atom. The van der Waals surface area contributed by atoms with Crippen LogP contribution in [0, 0.1) is 5.92 Å². The van der Waals surface area contributed by atoms with E-state index in [0.29, 0.717) is 38.6 Å². The quantitative estimate of drug-likeness (QED) is 0.540. The zero-order chi connectivity index (χ0) is 14.1. The number of aliphatic hydroxyl groups is 1. The molecule has 1 amide bonds. The second kappa shape index (κ2) is 9.28. The van der Waals surface area contributed by atoms with Gasteiger partial charge in [-0.15, -0.1) is 0 Å². The summed E-state index contributed by atoms with van der Waals surface area (Å²) in [4.78, 5) is 11.0. The first-order valence-electron chi connectivity index (χ1n) is 7.33. The van der Waals surface area contributed by atoms with E-state index in [9.17, 15) is 9.90 Å². The fraction of sp³-hybridized carbons (Fsp3) is 0.929. The molecule has 1 saturated heterocycles. The first-order valence-corrected chi connectivity index (χ1v) is 7.33. The van der Waals surface area contributed by atoms with Gasteiger partial charge in [-0.25, -0.2) is 0 Å². The molecule has 3 N–H and O–H groups in total. The van der Waals surface area contributed by atoms with Crippen LogP contribution in [-0.2, 0) is 9.53 Å². The molecule has 0 aliphatic carbocycles. The lowest BCUT2D eigenvalue weighted by molar-refractivity contribution is -0.122. The van der Waals surface area contributed by atoms with Crippen molar-refractivity contribution in [3.05, 3.63) is 0 Å². The van der Waals surface area contributed by atoms with Gasteiger partial charge in [0.15, 0.2) is 0 Å². The molecule has 1 fully saturated rings. The maximum Gasteiger partial charge on any atom is 0.220 e. The summed E-state index contributed by atoms with van der Waals surface area (Å²) in [5.74, 6) is 0.823. The van der Waals surface area contributed by atoms with E-state index in [1.54, 1.807) is 0 Å². The summed E-state index contributed by atoms with van der Waals surface area (Å²) >= 11 is 0. The summed E-state index contributed by atoms with van der Waals surface area (Å²) in [5, 5.41) is 15.8. The van der Waals surface area contributed by atoms with Crippen LogP contribution in [0.15, 0.2) is 0 Å². The number of rotatable bonds is 9. The molecule has 0 saturated carbocycles. The van der Waals surface area contributed by atoms with Gasteiger partial charge < -0.3 is 20.5 Å². The minimum absolute atomic E-state index is 0.118. The highest BCUT2D eigenvalue weighted by molar-refractivity contribution is 5.76. The minimum atomic E-state index is -0.475. The SMILES string of the molecule is CC(C)CCCOCC(O)CNC1CCC(=O)NC1. The van der Waals surface area contributed by atoms with Crippen molar-refractivity contribution in [2.24, 2.45) is 5.92 Å². The zero-order valence-corrected chi connectivity index (χ0v) is 12.2. The summed E-state index contributed by atoms with van der Waals surface area (Å²) in [5.41, 5.74) is 0. The summed E-state index contributed by atoms with van der Waals surface area (Å²) < 4.78 is 5.44. The molecule has 5 nitrogen and oxygen atoms in total. The van der Waals surface area contributed by atoms with E-state index in [1.165, 1.54) is 0 Å². The first kappa shape index (κ1) is 16.4. The first-order chi connectivity index (χ1) is 9.08. The van der Waals surface area contributed by atoms with Gasteiger partial charge in [0.1, 0.15) is 0 Å². The number of carbonyl (C=O) groups excluding carboxylic acids is 1. The molecule has 1 rings (SSSR count). The van der Waals surface area contributed by atoms with Crippen LogP contribution in [0.5, 0.6) is 0 Å². The van der Waals surface area contributed by atoms with Crippen LogP contribution in [-0.4, -0.2) is 49.5 Å². The van der Waals surface area contributed by atoms with Gasteiger partial charge in [-0.1, -0.05) is 13.8 Å². The molecule has 2 atom stereocenters. The second-order valence-electron chi connectivity index (χ2n) is 5.71. The average molecular weight is 272 g/mol. The van der Waals surface area contributed by atoms with Crippen LogP contribution < -0.4 is 10.6 Å². The molecule has 0 aromatic carbocycles. The Labute approximate surface area is 116 Å². The van der Waals surface area contributed by atoms with E-state index in [4.69, 9.17) is 4.74 Å². The van der Waals surface area contributed by atoms with Crippen molar-refractivity contribution in [2.45, 2.75) is 51.7 Å². The van der Waals surface area contributed by atoms with E-state index < -0.39 is 6.10 Å². The van der Waals surface area contributed by atoms with E-state index in [2.05, 4.69) is 24.5 Å².